The summed E-state index contributed by atoms with van der Waals surface area (Å²) in [5, 5.41) is 0. The quantitative estimate of drug-likeness (QED) is 0.724. The Balaban J connectivity index is 1.33. The molecule has 32 heavy (non-hydrogen) atoms. The molecule has 2 aromatic carbocycles. The normalized spacial score (nSPS) is 18.8. The number of amides is 3. The first-order chi connectivity index (χ1) is 15.5. The fraction of sp³-hybridized carbons (Fsp3) is 0.400. The number of ether oxygens (including phenoxy) is 1. The standard InChI is InChI=1S/C25H29N3O4/c1-3-18-4-8-21(9-5-18)28-17-20(16-23(28)29)25(31)27-14-12-26(13-15-27)24(30)19-6-10-22(32-2)11-7-19/h4-11,20H,3,12-17H2,1-2H3. The predicted molar refractivity (Wildman–Crippen MR) is 122 cm³/mol. The highest BCUT2D eigenvalue weighted by atomic mass is 16.5. The van der Waals surface area contributed by atoms with E-state index in [2.05, 4.69) is 6.92 Å². The summed E-state index contributed by atoms with van der Waals surface area (Å²) < 4.78 is 5.14. The van der Waals surface area contributed by atoms with Gasteiger partial charge in [0, 0.05) is 50.4 Å². The molecule has 2 aromatic rings. The van der Waals surface area contributed by atoms with Gasteiger partial charge in [-0.15, -0.1) is 0 Å². The molecule has 0 radical (unpaired) electrons. The van der Waals surface area contributed by atoms with Crippen LogP contribution in [0, 0.1) is 5.92 Å². The lowest BCUT2D eigenvalue weighted by atomic mass is 10.1. The number of nitrogens with zero attached hydrogens (tertiary/aromatic N) is 3. The number of piperazine rings is 1. The molecule has 3 amide bonds. The van der Waals surface area contributed by atoms with Gasteiger partial charge < -0.3 is 19.4 Å². The summed E-state index contributed by atoms with van der Waals surface area (Å²) in [6.45, 7) is 4.44. The maximum Gasteiger partial charge on any atom is 0.253 e. The van der Waals surface area contributed by atoms with Gasteiger partial charge >= 0.3 is 0 Å². The second kappa shape index (κ2) is 9.42. The number of carbonyl (C=O) groups is 3. The zero-order valence-corrected chi connectivity index (χ0v) is 18.6. The molecule has 0 N–H and O–H groups in total. The Hall–Kier alpha value is -3.35. The molecule has 2 heterocycles. The van der Waals surface area contributed by atoms with Gasteiger partial charge in [-0.05, 0) is 48.4 Å². The van der Waals surface area contributed by atoms with Crippen molar-refractivity contribution < 1.29 is 19.1 Å². The van der Waals surface area contributed by atoms with E-state index in [1.807, 2.05) is 24.3 Å². The van der Waals surface area contributed by atoms with Crippen LogP contribution in [0.15, 0.2) is 48.5 Å². The second-order valence-corrected chi connectivity index (χ2v) is 8.27. The highest BCUT2D eigenvalue weighted by Crippen LogP contribution is 2.27. The SMILES string of the molecule is CCc1ccc(N2CC(C(=O)N3CCN(C(=O)c4ccc(OC)cc4)CC3)CC2=O)cc1. The molecule has 2 saturated heterocycles. The van der Waals surface area contributed by atoms with Crippen molar-refractivity contribution in [2.75, 3.05) is 44.7 Å². The zero-order valence-electron chi connectivity index (χ0n) is 18.6. The number of hydrogen-bond donors (Lipinski definition) is 0. The lowest BCUT2D eigenvalue weighted by Gasteiger charge is -2.36. The van der Waals surface area contributed by atoms with Crippen LogP contribution in [0.2, 0.25) is 0 Å². The molecular formula is C25H29N3O4. The number of methoxy groups -OCH3 is 1. The van der Waals surface area contributed by atoms with Gasteiger partial charge in [0.05, 0.1) is 13.0 Å². The fourth-order valence-corrected chi connectivity index (χ4v) is 4.34. The van der Waals surface area contributed by atoms with Crippen LogP contribution in [-0.4, -0.2) is 67.4 Å². The first-order valence-corrected chi connectivity index (χ1v) is 11.1. The average Bonchev–Trinajstić information content (AvgIpc) is 3.24. The topological polar surface area (TPSA) is 70.2 Å². The monoisotopic (exact) mass is 435 g/mol. The van der Waals surface area contributed by atoms with Crippen molar-refractivity contribution in [2.45, 2.75) is 19.8 Å². The van der Waals surface area contributed by atoms with Crippen LogP contribution in [0.5, 0.6) is 5.75 Å². The van der Waals surface area contributed by atoms with Gasteiger partial charge in [0.15, 0.2) is 0 Å². The Morgan fingerprint density at radius 1 is 0.938 bits per heavy atom. The average molecular weight is 436 g/mol. The minimum atomic E-state index is -0.336. The van der Waals surface area contributed by atoms with Crippen molar-refractivity contribution in [1.29, 1.82) is 0 Å². The van der Waals surface area contributed by atoms with E-state index in [1.165, 1.54) is 5.56 Å². The Morgan fingerprint density at radius 2 is 1.56 bits per heavy atom. The first kappa shape index (κ1) is 21.9. The molecule has 1 unspecified atom stereocenters. The van der Waals surface area contributed by atoms with E-state index in [1.54, 1.807) is 46.1 Å². The van der Waals surface area contributed by atoms with Crippen LogP contribution in [0.25, 0.3) is 0 Å². The molecule has 2 aliphatic heterocycles. The molecule has 7 nitrogen and oxygen atoms in total. The predicted octanol–water partition coefficient (Wildman–Crippen LogP) is 2.60. The summed E-state index contributed by atoms with van der Waals surface area (Å²) in [6.07, 6.45) is 1.18. The van der Waals surface area contributed by atoms with E-state index in [9.17, 15) is 14.4 Å². The Bertz CT molecular complexity index is 979. The van der Waals surface area contributed by atoms with E-state index in [0.29, 0.717) is 44.0 Å². The van der Waals surface area contributed by atoms with Crippen LogP contribution in [0.1, 0.15) is 29.3 Å². The van der Waals surface area contributed by atoms with Gasteiger partial charge in [-0.3, -0.25) is 14.4 Å². The lowest BCUT2D eigenvalue weighted by Crippen LogP contribution is -2.52. The number of anilines is 1. The van der Waals surface area contributed by atoms with Gasteiger partial charge in [0.2, 0.25) is 11.8 Å². The van der Waals surface area contributed by atoms with Crippen molar-refractivity contribution in [3.05, 3.63) is 59.7 Å². The maximum atomic E-state index is 13.1. The molecule has 168 valence electrons. The number of rotatable bonds is 5. The van der Waals surface area contributed by atoms with E-state index in [0.717, 1.165) is 12.1 Å². The molecule has 2 fully saturated rings. The third-order valence-corrected chi connectivity index (χ3v) is 6.35. The van der Waals surface area contributed by atoms with Crippen LogP contribution < -0.4 is 9.64 Å². The lowest BCUT2D eigenvalue weighted by molar-refractivity contribution is -0.137. The van der Waals surface area contributed by atoms with Crippen LogP contribution in [0.4, 0.5) is 5.69 Å². The third-order valence-electron chi connectivity index (χ3n) is 6.35. The van der Waals surface area contributed by atoms with Crippen molar-refractivity contribution in [1.82, 2.24) is 9.80 Å². The molecule has 0 aliphatic carbocycles. The summed E-state index contributed by atoms with van der Waals surface area (Å²) in [6, 6.07) is 15.0. The van der Waals surface area contributed by atoms with Crippen molar-refractivity contribution in [3.63, 3.8) is 0 Å². The van der Waals surface area contributed by atoms with Gasteiger partial charge in [-0.25, -0.2) is 0 Å². The third kappa shape index (κ3) is 4.47. The van der Waals surface area contributed by atoms with Crippen LogP contribution in [0.3, 0.4) is 0 Å². The van der Waals surface area contributed by atoms with Crippen LogP contribution >= 0.6 is 0 Å². The van der Waals surface area contributed by atoms with Crippen LogP contribution in [-0.2, 0) is 16.0 Å². The molecule has 0 saturated carbocycles. The first-order valence-electron chi connectivity index (χ1n) is 11.1. The van der Waals surface area contributed by atoms with E-state index in [4.69, 9.17) is 4.74 Å². The molecule has 7 heteroatoms. The Morgan fingerprint density at radius 3 is 2.16 bits per heavy atom. The van der Waals surface area contributed by atoms with Gasteiger partial charge in [0.25, 0.3) is 5.91 Å². The molecular weight excluding hydrogens is 406 g/mol. The molecule has 4 rings (SSSR count). The zero-order chi connectivity index (χ0) is 22.7. The summed E-state index contributed by atoms with van der Waals surface area (Å²) in [4.78, 5) is 43.7. The highest BCUT2D eigenvalue weighted by molar-refractivity contribution is 6.00. The van der Waals surface area contributed by atoms with E-state index >= 15 is 0 Å². The van der Waals surface area contributed by atoms with E-state index in [-0.39, 0.29) is 30.1 Å². The summed E-state index contributed by atoms with van der Waals surface area (Å²) in [7, 11) is 1.59. The summed E-state index contributed by atoms with van der Waals surface area (Å²) in [5.74, 6) is 0.316. The van der Waals surface area contributed by atoms with Crippen molar-refractivity contribution in [2.24, 2.45) is 5.92 Å². The molecule has 0 aromatic heterocycles. The number of aryl methyl sites for hydroxylation is 1. The molecule has 2 aliphatic rings. The highest BCUT2D eigenvalue weighted by Gasteiger charge is 2.38. The number of carbonyl (C=O) groups excluding carboxylic acids is 3. The summed E-state index contributed by atoms with van der Waals surface area (Å²) in [5.41, 5.74) is 2.67. The van der Waals surface area contributed by atoms with Gasteiger partial charge in [-0.1, -0.05) is 19.1 Å². The van der Waals surface area contributed by atoms with E-state index < -0.39 is 0 Å². The molecule has 0 bridgehead atoms. The van der Waals surface area contributed by atoms with Crippen molar-refractivity contribution in [3.8, 4) is 5.75 Å². The summed E-state index contributed by atoms with van der Waals surface area (Å²) >= 11 is 0. The number of benzene rings is 2. The van der Waals surface area contributed by atoms with Gasteiger partial charge in [-0.2, -0.15) is 0 Å². The van der Waals surface area contributed by atoms with Gasteiger partial charge in [0.1, 0.15) is 5.75 Å². The maximum absolute atomic E-state index is 13.1. The minimum absolute atomic E-state index is 0.00238. The second-order valence-electron chi connectivity index (χ2n) is 8.27. The van der Waals surface area contributed by atoms with Crippen molar-refractivity contribution >= 4 is 23.4 Å². The Kier molecular flexibility index (Phi) is 6.44. The fourth-order valence-electron chi connectivity index (χ4n) is 4.34. The Labute approximate surface area is 188 Å². The number of hydrogen-bond acceptors (Lipinski definition) is 4. The molecule has 1 atom stereocenters. The smallest absolute Gasteiger partial charge is 0.253 e. The largest absolute Gasteiger partial charge is 0.497 e. The minimum Gasteiger partial charge on any atom is -0.497 e. The molecule has 0 spiro atoms.